The second kappa shape index (κ2) is 10.3. The molecule has 1 fully saturated rings. The second-order valence-electron chi connectivity index (χ2n) is 6.88. The minimum Gasteiger partial charge on any atom is -0.481 e. The Balaban J connectivity index is 0.00000300. The molecular formula is C21H28ClN3O4. The van der Waals surface area contributed by atoms with Crippen molar-refractivity contribution in [2.45, 2.75) is 32.9 Å². The van der Waals surface area contributed by atoms with Crippen molar-refractivity contribution in [1.29, 1.82) is 0 Å². The normalized spacial score (nSPS) is 14.9. The number of piperazine rings is 1. The predicted molar refractivity (Wildman–Crippen MR) is 112 cm³/mol. The van der Waals surface area contributed by atoms with E-state index in [0.29, 0.717) is 43.3 Å². The maximum absolute atomic E-state index is 12.7. The van der Waals surface area contributed by atoms with E-state index in [4.69, 9.17) is 14.9 Å². The van der Waals surface area contributed by atoms with Crippen LogP contribution in [-0.4, -0.2) is 53.9 Å². The zero-order valence-electron chi connectivity index (χ0n) is 16.8. The molecule has 1 aliphatic rings. The van der Waals surface area contributed by atoms with Crippen LogP contribution < -0.4 is 10.5 Å². The fourth-order valence-corrected chi connectivity index (χ4v) is 3.23. The molecule has 2 aromatic rings. The van der Waals surface area contributed by atoms with Crippen LogP contribution in [0.15, 0.2) is 41.0 Å². The van der Waals surface area contributed by atoms with Crippen molar-refractivity contribution in [3.63, 3.8) is 0 Å². The maximum atomic E-state index is 12.7. The van der Waals surface area contributed by atoms with Gasteiger partial charge in [-0.15, -0.1) is 12.4 Å². The molecule has 0 aliphatic carbocycles. The van der Waals surface area contributed by atoms with Crippen LogP contribution in [0.2, 0.25) is 0 Å². The van der Waals surface area contributed by atoms with E-state index >= 15 is 0 Å². The van der Waals surface area contributed by atoms with Gasteiger partial charge in [-0.25, -0.2) is 0 Å². The molecule has 1 aliphatic heterocycles. The summed E-state index contributed by atoms with van der Waals surface area (Å²) in [6, 6.07) is 9.45. The molecule has 1 aromatic carbocycles. The van der Waals surface area contributed by atoms with Crippen molar-refractivity contribution in [1.82, 2.24) is 9.80 Å². The van der Waals surface area contributed by atoms with Gasteiger partial charge in [0.05, 0.1) is 12.1 Å². The Morgan fingerprint density at radius 2 is 1.76 bits per heavy atom. The molecule has 2 N–H and O–H groups in total. The lowest BCUT2D eigenvalue weighted by molar-refractivity contribution is -0.139. The van der Waals surface area contributed by atoms with Gasteiger partial charge in [-0.1, -0.05) is 19.1 Å². The molecule has 1 aromatic heterocycles. The Morgan fingerprint density at radius 3 is 2.31 bits per heavy atom. The highest BCUT2D eigenvalue weighted by Gasteiger charge is 2.28. The molecule has 29 heavy (non-hydrogen) atoms. The van der Waals surface area contributed by atoms with Crippen molar-refractivity contribution >= 4 is 24.2 Å². The molecule has 0 radical (unpaired) electrons. The maximum Gasteiger partial charge on any atom is 0.263 e. The van der Waals surface area contributed by atoms with Crippen molar-refractivity contribution in [2.75, 3.05) is 26.2 Å². The first kappa shape index (κ1) is 22.8. The number of hydrogen-bond donors (Lipinski definition) is 1. The Labute approximate surface area is 177 Å². The number of ether oxygens (including phenoxy) is 1. The van der Waals surface area contributed by atoms with Crippen molar-refractivity contribution in [3.05, 3.63) is 53.5 Å². The number of aryl methyl sites for hydroxylation is 1. The van der Waals surface area contributed by atoms with Crippen LogP contribution >= 0.6 is 12.4 Å². The fourth-order valence-electron chi connectivity index (χ4n) is 3.23. The van der Waals surface area contributed by atoms with E-state index < -0.39 is 6.10 Å². The average molecular weight is 422 g/mol. The largest absolute Gasteiger partial charge is 0.481 e. The number of benzene rings is 1. The highest BCUT2D eigenvalue weighted by Crippen LogP contribution is 2.17. The molecule has 158 valence electrons. The van der Waals surface area contributed by atoms with Crippen molar-refractivity contribution in [3.8, 4) is 5.75 Å². The molecule has 7 nitrogen and oxygen atoms in total. The van der Waals surface area contributed by atoms with Gasteiger partial charge in [-0.05, 0) is 37.1 Å². The molecule has 2 amide bonds. The number of furan rings is 1. The molecule has 1 saturated heterocycles. The summed E-state index contributed by atoms with van der Waals surface area (Å²) in [5.74, 6) is 1.09. The van der Waals surface area contributed by atoms with E-state index in [0.717, 1.165) is 6.42 Å². The average Bonchev–Trinajstić information content (AvgIpc) is 3.22. The number of nitrogens with two attached hydrogens (primary N) is 1. The van der Waals surface area contributed by atoms with E-state index in [1.54, 1.807) is 22.8 Å². The Bertz CT molecular complexity index is 814. The number of rotatable bonds is 6. The molecule has 3 rings (SSSR count). The molecule has 8 heteroatoms. The monoisotopic (exact) mass is 421 g/mol. The van der Waals surface area contributed by atoms with Crippen LogP contribution in [0.1, 0.15) is 35.5 Å². The minimum atomic E-state index is -0.573. The molecule has 0 spiro atoms. The van der Waals surface area contributed by atoms with Crippen LogP contribution in [0, 0.1) is 0 Å². The van der Waals surface area contributed by atoms with Crippen molar-refractivity contribution in [2.24, 2.45) is 5.73 Å². The molecular weight excluding hydrogens is 394 g/mol. The zero-order chi connectivity index (χ0) is 20.1. The third kappa shape index (κ3) is 5.52. The van der Waals surface area contributed by atoms with Gasteiger partial charge in [-0.3, -0.25) is 9.59 Å². The lowest BCUT2D eigenvalue weighted by Gasteiger charge is -2.35. The number of carbonyl (C=O) groups excluding carboxylic acids is 2. The first-order valence-electron chi connectivity index (χ1n) is 9.63. The summed E-state index contributed by atoms with van der Waals surface area (Å²) in [4.78, 5) is 28.7. The summed E-state index contributed by atoms with van der Waals surface area (Å²) in [6.45, 7) is 6.03. The van der Waals surface area contributed by atoms with Crippen LogP contribution in [0.25, 0.3) is 0 Å². The van der Waals surface area contributed by atoms with Crippen LogP contribution in [-0.2, 0) is 17.8 Å². The summed E-state index contributed by atoms with van der Waals surface area (Å²) in [5.41, 5.74) is 7.23. The van der Waals surface area contributed by atoms with E-state index in [9.17, 15) is 9.59 Å². The highest BCUT2D eigenvalue weighted by atomic mass is 35.5. The second-order valence-corrected chi connectivity index (χ2v) is 6.88. The zero-order valence-corrected chi connectivity index (χ0v) is 17.6. The summed E-state index contributed by atoms with van der Waals surface area (Å²) in [7, 11) is 0. The van der Waals surface area contributed by atoms with Gasteiger partial charge in [-0.2, -0.15) is 0 Å². The third-order valence-electron chi connectivity index (χ3n) is 4.97. The summed E-state index contributed by atoms with van der Waals surface area (Å²) >= 11 is 0. The standard InChI is InChI=1S/C21H27N3O4.ClH/c1-3-16-4-6-18(7-5-16)28-15(2)20(25)23-8-10-24(11-9-23)21(26)17-12-19(13-22)27-14-17;/h4-7,12,14-15H,3,8-11,13,22H2,1-2H3;1H. The third-order valence-corrected chi connectivity index (χ3v) is 4.97. The van der Waals surface area contributed by atoms with Gasteiger partial charge >= 0.3 is 0 Å². The van der Waals surface area contributed by atoms with E-state index in [1.807, 2.05) is 24.3 Å². The number of hydrogen-bond acceptors (Lipinski definition) is 5. The lowest BCUT2D eigenvalue weighted by Crippen LogP contribution is -2.53. The molecule has 1 atom stereocenters. The summed E-state index contributed by atoms with van der Waals surface area (Å²) < 4.78 is 11.0. The number of halogens is 1. The Kier molecular flexibility index (Phi) is 8.10. The first-order valence-corrected chi connectivity index (χ1v) is 9.63. The molecule has 1 unspecified atom stereocenters. The Hall–Kier alpha value is -2.51. The van der Waals surface area contributed by atoms with Gasteiger partial charge in [0.2, 0.25) is 0 Å². The fraction of sp³-hybridized carbons (Fsp3) is 0.429. The highest BCUT2D eigenvalue weighted by molar-refractivity contribution is 5.94. The van der Waals surface area contributed by atoms with Gasteiger partial charge in [0, 0.05) is 26.2 Å². The van der Waals surface area contributed by atoms with Gasteiger partial charge in [0.1, 0.15) is 17.8 Å². The number of carbonyl (C=O) groups is 2. The topological polar surface area (TPSA) is 89.0 Å². The minimum absolute atomic E-state index is 0. The van der Waals surface area contributed by atoms with Crippen LogP contribution in [0.3, 0.4) is 0 Å². The van der Waals surface area contributed by atoms with Gasteiger partial charge < -0.3 is 24.7 Å². The first-order chi connectivity index (χ1) is 13.5. The summed E-state index contributed by atoms with van der Waals surface area (Å²) in [6.07, 6.45) is 1.82. The Morgan fingerprint density at radius 1 is 1.14 bits per heavy atom. The summed E-state index contributed by atoms with van der Waals surface area (Å²) in [5, 5.41) is 0. The van der Waals surface area contributed by atoms with Gasteiger partial charge in [0.15, 0.2) is 6.10 Å². The van der Waals surface area contributed by atoms with E-state index in [2.05, 4.69) is 6.92 Å². The van der Waals surface area contributed by atoms with E-state index in [1.165, 1.54) is 11.8 Å². The predicted octanol–water partition coefficient (Wildman–Crippen LogP) is 2.47. The molecule has 2 heterocycles. The number of nitrogens with zero attached hydrogens (tertiary/aromatic N) is 2. The SMILES string of the molecule is CCc1ccc(OC(C)C(=O)N2CCN(C(=O)c3coc(CN)c3)CC2)cc1.Cl. The van der Waals surface area contributed by atoms with Crippen LogP contribution in [0.4, 0.5) is 0 Å². The quantitative estimate of drug-likeness (QED) is 0.773. The number of amides is 2. The lowest BCUT2D eigenvalue weighted by atomic mass is 10.2. The van der Waals surface area contributed by atoms with E-state index in [-0.39, 0.29) is 30.8 Å². The smallest absolute Gasteiger partial charge is 0.263 e. The molecule has 0 saturated carbocycles. The van der Waals surface area contributed by atoms with Crippen molar-refractivity contribution < 1.29 is 18.7 Å². The molecule has 0 bridgehead atoms. The van der Waals surface area contributed by atoms with Crippen LogP contribution in [0.5, 0.6) is 5.75 Å². The van der Waals surface area contributed by atoms with Gasteiger partial charge in [0.25, 0.3) is 11.8 Å².